The quantitative estimate of drug-likeness (QED) is 0.614. The molecule has 3 rings (SSSR count). The van der Waals surface area contributed by atoms with Gasteiger partial charge in [0.1, 0.15) is 0 Å². The van der Waals surface area contributed by atoms with Crippen LogP contribution in [-0.4, -0.2) is 22.6 Å². The molecule has 0 aromatic heterocycles. The number of fused-ring (bicyclic) bond motifs is 2. The number of hydrogen-bond acceptors (Lipinski definition) is 1. The summed E-state index contributed by atoms with van der Waals surface area (Å²) in [6.45, 7) is 0.694. The van der Waals surface area contributed by atoms with Crippen LogP contribution in [0.2, 0.25) is 0 Å². The Labute approximate surface area is 76.3 Å². The van der Waals surface area contributed by atoms with E-state index < -0.39 is 6.09 Å². The Balaban J connectivity index is 2.00. The molecule has 0 spiro atoms. The number of rotatable bonds is 0. The maximum atomic E-state index is 10.9. The average molecular weight is 177 g/mol. The second-order valence-electron chi connectivity index (χ2n) is 3.93. The maximum absolute atomic E-state index is 10.9. The highest BCUT2D eigenvalue weighted by atomic mass is 16.4. The van der Waals surface area contributed by atoms with Crippen molar-refractivity contribution in [3.63, 3.8) is 0 Å². The van der Waals surface area contributed by atoms with E-state index in [4.69, 9.17) is 5.11 Å². The van der Waals surface area contributed by atoms with Crippen LogP contribution in [0.4, 0.5) is 4.79 Å². The standard InChI is InChI=1S/C10H11NO2/c12-10(13)11-4-3-6-1-2-7-5-8(7)9(6)11/h5-6H,1-4H2,(H,12,13). The molecule has 1 saturated heterocycles. The van der Waals surface area contributed by atoms with E-state index in [1.54, 1.807) is 0 Å². The number of amides is 1. The fourth-order valence-corrected chi connectivity index (χ4v) is 2.52. The van der Waals surface area contributed by atoms with Crippen LogP contribution in [-0.2, 0) is 0 Å². The molecule has 1 aliphatic heterocycles. The lowest BCUT2D eigenvalue weighted by Crippen LogP contribution is -2.26. The van der Waals surface area contributed by atoms with Crippen molar-refractivity contribution in [1.82, 2.24) is 4.90 Å². The molecule has 68 valence electrons. The van der Waals surface area contributed by atoms with Gasteiger partial charge in [-0.05, 0) is 36.5 Å². The Morgan fingerprint density at radius 2 is 2.38 bits per heavy atom. The monoisotopic (exact) mass is 177 g/mol. The summed E-state index contributed by atoms with van der Waals surface area (Å²) in [5, 5.41) is 8.96. The number of allylic oxidation sites excluding steroid dienone is 4. The molecule has 1 N–H and O–H groups in total. The van der Waals surface area contributed by atoms with Gasteiger partial charge in [-0.3, -0.25) is 4.90 Å². The van der Waals surface area contributed by atoms with Crippen molar-refractivity contribution in [2.75, 3.05) is 6.54 Å². The number of carbonyl (C=O) groups is 1. The van der Waals surface area contributed by atoms with Gasteiger partial charge in [0.2, 0.25) is 0 Å². The minimum atomic E-state index is -0.786. The van der Waals surface area contributed by atoms with E-state index in [1.165, 1.54) is 16.0 Å². The Kier molecular flexibility index (Phi) is 1.19. The van der Waals surface area contributed by atoms with E-state index in [-0.39, 0.29) is 0 Å². The molecule has 3 aliphatic rings. The molecule has 3 nitrogen and oxygen atoms in total. The molecule has 0 aromatic rings. The van der Waals surface area contributed by atoms with Crippen LogP contribution in [0.5, 0.6) is 0 Å². The van der Waals surface area contributed by atoms with Crippen molar-refractivity contribution in [3.05, 3.63) is 22.9 Å². The number of likely N-dealkylation sites (tertiary alicyclic amines) is 1. The van der Waals surface area contributed by atoms with Crippen LogP contribution < -0.4 is 0 Å². The summed E-state index contributed by atoms with van der Waals surface area (Å²) in [7, 11) is 0. The van der Waals surface area contributed by atoms with E-state index >= 15 is 0 Å². The first-order chi connectivity index (χ1) is 6.27. The lowest BCUT2D eigenvalue weighted by Gasteiger charge is -2.20. The second-order valence-corrected chi connectivity index (χ2v) is 3.93. The van der Waals surface area contributed by atoms with Crippen molar-refractivity contribution < 1.29 is 9.90 Å². The summed E-state index contributed by atoms with van der Waals surface area (Å²) >= 11 is 0. The molecule has 0 aromatic carbocycles. The Morgan fingerprint density at radius 1 is 1.54 bits per heavy atom. The molecular weight excluding hydrogens is 166 g/mol. The third kappa shape index (κ3) is 0.870. The van der Waals surface area contributed by atoms with Crippen LogP contribution in [0, 0.1) is 5.92 Å². The zero-order valence-electron chi connectivity index (χ0n) is 7.29. The predicted molar refractivity (Wildman–Crippen MR) is 47.2 cm³/mol. The Morgan fingerprint density at radius 3 is 3.15 bits per heavy atom. The summed E-state index contributed by atoms with van der Waals surface area (Å²) in [5.41, 5.74) is 3.73. The molecule has 1 heterocycles. The first-order valence-corrected chi connectivity index (χ1v) is 4.73. The van der Waals surface area contributed by atoms with Gasteiger partial charge in [-0.1, -0.05) is 0 Å². The largest absolute Gasteiger partial charge is 0.465 e. The van der Waals surface area contributed by atoms with Gasteiger partial charge >= 0.3 is 6.09 Å². The molecule has 13 heavy (non-hydrogen) atoms. The summed E-state index contributed by atoms with van der Waals surface area (Å²) in [4.78, 5) is 12.4. The zero-order valence-corrected chi connectivity index (χ0v) is 7.29. The van der Waals surface area contributed by atoms with E-state index in [2.05, 4.69) is 6.08 Å². The van der Waals surface area contributed by atoms with Gasteiger partial charge in [-0.25, -0.2) is 4.79 Å². The first-order valence-electron chi connectivity index (χ1n) is 4.73. The predicted octanol–water partition coefficient (Wildman–Crippen LogP) is 1.97. The van der Waals surface area contributed by atoms with Gasteiger partial charge in [0.15, 0.2) is 0 Å². The van der Waals surface area contributed by atoms with E-state index in [0.717, 1.165) is 25.0 Å². The maximum Gasteiger partial charge on any atom is 0.411 e. The lowest BCUT2D eigenvalue weighted by atomic mass is 9.92. The molecule has 3 heteroatoms. The topological polar surface area (TPSA) is 40.5 Å². The van der Waals surface area contributed by atoms with E-state index in [0.29, 0.717) is 12.5 Å². The van der Waals surface area contributed by atoms with E-state index in [9.17, 15) is 4.79 Å². The highest BCUT2D eigenvalue weighted by Crippen LogP contribution is 2.48. The van der Waals surface area contributed by atoms with Gasteiger partial charge in [0.05, 0.1) is 0 Å². The smallest absolute Gasteiger partial charge is 0.411 e. The zero-order chi connectivity index (χ0) is 9.00. The number of carboxylic acid groups (broad SMARTS) is 1. The van der Waals surface area contributed by atoms with Crippen molar-refractivity contribution in [2.45, 2.75) is 19.3 Å². The van der Waals surface area contributed by atoms with Crippen molar-refractivity contribution >= 4 is 6.09 Å². The molecule has 0 radical (unpaired) electrons. The minimum absolute atomic E-state index is 0.522. The summed E-state index contributed by atoms with van der Waals surface area (Å²) in [5.74, 6) is 0.522. The van der Waals surface area contributed by atoms with Gasteiger partial charge in [-0.15, -0.1) is 0 Å². The van der Waals surface area contributed by atoms with Gasteiger partial charge in [0.25, 0.3) is 0 Å². The normalized spacial score (nSPS) is 29.7. The van der Waals surface area contributed by atoms with Crippen LogP contribution in [0.15, 0.2) is 22.9 Å². The molecule has 1 atom stereocenters. The number of hydrogen-bond donors (Lipinski definition) is 1. The fraction of sp³-hybridized carbons (Fsp3) is 0.500. The van der Waals surface area contributed by atoms with Crippen LogP contribution in [0.1, 0.15) is 19.3 Å². The van der Waals surface area contributed by atoms with Crippen LogP contribution in [0.3, 0.4) is 0 Å². The molecular formula is C10H11NO2. The third-order valence-corrected chi connectivity index (χ3v) is 3.23. The number of nitrogens with zero attached hydrogens (tertiary/aromatic N) is 1. The van der Waals surface area contributed by atoms with E-state index in [1.807, 2.05) is 0 Å². The SMILES string of the molecule is O=C(O)N1CCC2CCC3=CC3=C21. The highest BCUT2D eigenvalue weighted by molar-refractivity contribution is 5.72. The Bertz CT molecular complexity index is 354. The van der Waals surface area contributed by atoms with Crippen LogP contribution in [0.25, 0.3) is 0 Å². The van der Waals surface area contributed by atoms with Crippen molar-refractivity contribution in [2.24, 2.45) is 5.92 Å². The second kappa shape index (κ2) is 2.16. The first kappa shape index (κ1) is 7.18. The lowest BCUT2D eigenvalue weighted by molar-refractivity contribution is 0.163. The molecule has 2 aliphatic carbocycles. The molecule has 1 fully saturated rings. The van der Waals surface area contributed by atoms with Crippen LogP contribution >= 0.6 is 0 Å². The highest BCUT2D eigenvalue weighted by Gasteiger charge is 2.40. The molecule has 1 unspecified atom stereocenters. The van der Waals surface area contributed by atoms with Gasteiger partial charge in [-0.2, -0.15) is 0 Å². The summed E-state index contributed by atoms with van der Waals surface area (Å²) < 4.78 is 0. The summed E-state index contributed by atoms with van der Waals surface area (Å²) in [6, 6.07) is 0. The summed E-state index contributed by atoms with van der Waals surface area (Å²) in [6.07, 6.45) is 4.68. The van der Waals surface area contributed by atoms with Gasteiger partial charge in [0, 0.05) is 18.2 Å². The third-order valence-electron chi connectivity index (χ3n) is 3.23. The average Bonchev–Trinajstić information content (AvgIpc) is 2.76. The molecule has 0 saturated carbocycles. The molecule has 1 amide bonds. The van der Waals surface area contributed by atoms with Gasteiger partial charge < -0.3 is 5.11 Å². The minimum Gasteiger partial charge on any atom is -0.465 e. The van der Waals surface area contributed by atoms with Crippen molar-refractivity contribution in [3.8, 4) is 0 Å². The Hall–Kier alpha value is -1.25. The van der Waals surface area contributed by atoms with Crippen molar-refractivity contribution in [1.29, 1.82) is 0 Å². The molecule has 0 bridgehead atoms. The fourth-order valence-electron chi connectivity index (χ4n) is 2.52.